The van der Waals surface area contributed by atoms with E-state index in [1.165, 1.54) is 0 Å². The average Bonchev–Trinajstić information content (AvgIpc) is 3.28. The van der Waals surface area contributed by atoms with Gasteiger partial charge >= 0.3 is 5.97 Å². The van der Waals surface area contributed by atoms with E-state index in [0.717, 1.165) is 18.4 Å². The van der Waals surface area contributed by atoms with Crippen LogP contribution in [0.1, 0.15) is 18.4 Å². The summed E-state index contributed by atoms with van der Waals surface area (Å²) in [5.41, 5.74) is 0.393. The van der Waals surface area contributed by atoms with Gasteiger partial charge in [-0.25, -0.2) is 4.79 Å². The van der Waals surface area contributed by atoms with Crippen molar-refractivity contribution in [3.63, 3.8) is 0 Å². The molecule has 21 heavy (non-hydrogen) atoms. The van der Waals surface area contributed by atoms with Crippen molar-refractivity contribution in [2.75, 3.05) is 19.7 Å². The number of carboxylic acid groups (broad SMARTS) is 1. The molecule has 1 saturated carbocycles. The highest BCUT2D eigenvalue weighted by atomic mass is 35.5. The van der Waals surface area contributed by atoms with Gasteiger partial charge in [0.15, 0.2) is 6.10 Å². The second-order valence-electron chi connectivity index (χ2n) is 5.54. The van der Waals surface area contributed by atoms with Crippen LogP contribution in [0.5, 0.6) is 0 Å². The molecule has 1 unspecified atom stereocenters. The highest BCUT2D eigenvalue weighted by Gasteiger charge is 2.53. The summed E-state index contributed by atoms with van der Waals surface area (Å²) in [6.45, 7) is 0.801. The first kappa shape index (κ1) is 14.4. The first-order valence-corrected chi connectivity index (χ1v) is 7.30. The molecule has 3 rings (SSSR count). The Morgan fingerprint density at radius 3 is 2.76 bits per heavy atom. The molecular formula is C15H16ClNO4. The van der Waals surface area contributed by atoms with Crippen molar-refractivity contribution in [2.45, 2.75) is 24.4 Å². The largest absolute Gasteiger partial charge is 0.479 e. The zero-order valence-corrected chi connectivity index (χ0v) is 12.2. The summed E-state index contributed by atoms with van der Waals surface area (Å²) in [4.78, 5) is 25.4. The third kappa shape index (κ3) is 2.63. The lowest BCUT2D eigenvalue weighted by atomic mass is 9.94. The Labute approximate surface area is 127 Å². The molecule has 1 N–H and O–H groups in total. The number of rotatable bonds is 3. The number of hydrogen-bond acceptors (Lipinski definition) is 3. The highest BCUT2D eigenvalue weighted by Crippen LogP contribution is 2.50. The Hall–Kier alpha value is -1.59. The molecule has 1 aliphatic carbocycles. The molecule has 1 saturated heterocycles. The standard InChI is InChI=1S/C15H16ClNO4/c16-11-3-1-2-10(8-11)15(4-5-15)14(20)17-6-7-21-12(9-17)13(18)19/h1-3,8,12H,4-7,9H2,(H,18,19). The average molecular weight is 310 g/mol. The van der Waals surface area contributed by atoms with Crippen LogP contribution >= 0.6 is 11.6 Å². The van der Waals surface area contributed by atoms with E-state index in [1.807, 2.05) is 18.2 Å². The number of carboxylic acids is 1. The quantitative estimate of drug-likeness (QED) is 0.922. The van der Waals surface area contributed by atoms with Crippen LogP contribution in [0.25, 0.3) is 0 Å². The van der Waals surface area contributed by atoms with Crippen molar-refractivity contribution in [3.8, 4) is 0 Å². The number of hydrogen-bond donors (Lipinski definition) is 1. The molecule has 112 valence electrons. The summed E-state index contributed by atoms with van der Waals surface area (Å²) in [5, 5.41) is 9.64. The molecule has 2 aliphatic rings. The van der Waals surface area contributed by atoms with E-state index in [-0.39, 0.29) is 19.1 Å². The molecule has 1 atom stereocenters. The van der Waals surface area contributed by atoms with Gasteiger partial charge in [0.05, 0.1) is 18.6 Å². The number of carbonyl (C=O) groups excluding carboxylic acids is 1. The fraction of sp³-hybridized carbons (Fsp3) is 0.467. The second-order valence-corrected chi connectivity index (χ2v) is 5.98. The Balaban J connectivity index is 1.80. The van der Waals surface area contributed by atoms with E-state index in [4.69, 9.17) is 21.4 Å². The fourth-order valence-electron chi connectivity index (χ4n) is 2.82. The lowest BCUT2D eigenvalue weighted by Crippen LogP contribution is -2.51. The molecule has 1 aromatic carbocycles. The minimum Gasteiger partial charge on any atom is -0.479 e. The van der Waals surface area contributed by atoms with Gasteiger partial charge in [0.2, 0.25) is 5.91 Å². The number of benzene rings is 1. The predicted molar refractivity (Wildman–Crippen MR) is 76.3 cm³/mol. The molecule has 5 nitrogen and oxygen atoms in total. The van der Waals surface area contributed by atoms with Crippen LogP contribution in [0.15, 0.2) is 24.3 Å². The smallest absolute Gasteiger partial charge is 0.334 e. The maximum atomic E-state index is 12.8. The Bertz CT molecular complexity index is 585. The van der Waals surface area contributed by atoms with Crippen LogP contribution in [-0.4, -0.2) is 47.7 Å². The molecule has 0 radical (unpaired) electrons. The monoisotopic (exact) mass is 309 g/mol. The van der Waals surface area contributed by atoms with Gasteiger partial charge in [-0.2, -0.15) is 0 Å². The Morgan fingerprint density at radius 2 is 2.14 bits per heavy atom. The van der Waals surface area contributed by atoms with E-state index in [2.05, 4.69) is 0 Å². The van der Waals surface area contributed by atoms with Crippen LogP contribution in [-0.2, 0) is 19.7 Å². The van der Waals surface area contributed by atoms with Crippen LogP contribution in [0, 0.1) is 0 Å². The van der Waals surface area contributed by atoms with Crippen molar-refractivity contribution < 1.29 is 19.4 Å². The number of aliphatic carboxylic acids is 1. The van der Waals surface area contributed by atoms with Crippen LogP contribution < -0.4 is 0 Å². The molecule has 1 aromatic rings. The van der Waals surface area contributed by atoms with Gasteiger partial charge in [0.1, 0.15) is 0 Å². The maximum absolute atomic E-state index is 12.8. The fourth-order valence-corrected chi connectivity index (χ4v) is 3.01. The van der Waals surface area contributed by atoms with Gasteiger partial charge in [-0.1, -0.05) is 23.7 Å². The predicted octanol–water partition coefficient (Wildman–Crippen LogP) is 1.68. The van der Waals surface area contributed by atoms with Gasteiger partial charge in [0.25, 0.3) is 0 Å². The van der Waals surface area contributed by atoms with Crippen molar-refractivity contribution in [1.82, 2.24) is 4.90 Å². The summed E-state index contributed by atoms with van der Waals surface area (Å²) in [5.74, 6) is -1.04. The highest BCUT2D eigenvalue weighted by molar-refractivity contribution is 6.30. The van der Waals surface area contributed by atoms with Crippen LogP contribution in [0.2, 0.25) is 5.02 Å². The summed E-state index contributed by atoms with van der Waals surface area (Å²) in [6, 6.07) is 7.35. The molecule has 1 amide bonds. The summed E-state index contributed by atoms with van der Waals surface area (Å²) >= 11 is 6.01. The molecule has 0 bridgehead atoms. The Kier molecular flexibility index (Phi) is 3.63. The van der Waals surface area contributed by atoms with Gasteiger partial charge in [-0.05, 0) is 30.5 Å². The third-order valence-corrected chi connectivity index (χ3v) is 4.40. The normalized spacial score (nSPS) is 23.7. The minimum atomic E-state index is -1.03. The second kappa shape index (κ2) is 5.31. The molecule has 1 heterocycles. The summed E-state index contributed by atoms with van der Waals surface area (Å²) in [6.07, 6.45) is 0.626. The third-order valence-electron chi connectivity index (χ3n) is 4.17. The number of halogens is 1. The first-order chi connectivity index (χ1) is 10.0. The van der Waals surface area contributed by atoms with E-state index < -0.39 is 17.5 Å². The SMILES string of the molecule is O=C(O)C1CN(C(=O)C2(c3cccc(Cl)c3)CC2)CCO1. The van der Waals surface area contributed by atoms with Crippen molar-refractivity contribution in [1.29, 1.82) is 0 Å². The number of ether oxygens (including phenoxy) is 1. The number of carbonyl (C=O) groups is 2. The van der Waals surface area contributed by atoms with E-state index in [1.54, 1.807) is 11.0 Å². The van der Waals surface area contributed by atoms with Gasteiger partial charge in [-0.3, -0.25) is 4.79 Å². The molecular weight excluding hydrogens is 294 g/mol. The van der Waals surface area contributed by atoms with Crippen molar-refractivity contribution in [2.24, 2.45) is 0 Å². The zero-order chi connectivity index (χ0) is 15.0. The molecule has 0 spiro atoms. The van der Waals surface area contributed by atoms with Crippen LogP contribution in [0.4, 0.5) is 0 Å². The minimum absolute atomic E-state index is 0.0145. The Morgan fingerprint density at radius 1 is 1.38 bits per heavy atom. The van der Waals surface area contributed by atoms with Gasteiger partial charge in [0, 0.05) is 11.6 Å². The number of nitrogens with zero attached hydrogens (tertiary/aromatic N) is 1. The lowest BCUT2D eigenvalue weighted by molar-refractivity contribution is -0.160. The molecule has 6 heteroatoms. The molecule has 2 fully saturated rings. The number of morpholine rings is 1. The van der Waals surface area contributed by atoms with Crippen molar-refractivity contribution in [3.05, 3.63) is 34.9 Å². The molecule has 0 aromatic heterocycles. The van der Waals surface area contributed by atoms with Gasteiger partial charge in [-0.15, -0.1) is 0 Å². The van der Waals surface area contributed by atoms with Crippen molar-refractivity contribution >= 4 is 23.5 Å². The van der Waals surface area contributed by atoms with E-state index >= 15 is 0 Å². The summed E-state index contributed by atoms with van der Waals surface area (Å²) in [7, 11) is 0. The zero-order valence-electron chi connectivity index (χ0n) is 11.4. The topological polar surface area (TPSA) is 66.8 Å². The number of amides is 1. The van der Waals surface area contributed by atoms with E-state index in [9.17, 15) is 9.59 Å². The summed E-state index contributed by atoms with van der Waals surface area (Å²) < 4.78 is 5.16. The van der Waals surface area contributed by atoms with Crippen LogP contribution in [0.3, 0.4) is 0 Å². The molecule has 1 aliphatic heterocycles. The first-order valence-electron chi connectivity index (χ1n) is 6.93. The maximum Gasteiger partial charge on any atom is 0.334 e. The van der Waals surface area contributed by atoms with E-state index in [0.29, 0.717) is 11.6 Å². The lowest BCUT2D eigenvalue weighted by Gasteiger charge is -2.33. The van der Waals surface area contributed by atoms with Gasteiger partial charge < -0.3 is 14.7 Å².